The topological polar surface area (TPSA) is 38.8 Å². The summed E-state index contributed by atoms with van der Waals surface area (Å²) in [5.74, 6) is 1.63. The highest BCUT2D eigenvalue weighted by Gasteiger charge is 2.26. The number of ether oxygens (including phenoxy) is 2. The molecule has 4 heteroatoms. The molecule has 0 bridgehead atoms. The molecular weight excluding hydrogens is 230 g/mol. The van der Waals surface area contributed by atoms with Gasteiger partial charge in [0.1, 0.15) is 17.6 Å². The monoisotopic (exact) mass is 249 g/mol. The third-order valence-corrected chi connectivity index (χ3v) is 3.25. The van der Waals surface area contributed by atoms with E-state index in [1.165, 1.54) is 0 Å². The molecule has 0 saturated carbocycles. The predicted molar refractivity (Wildman–Crippen MR) is 70.5 cm³/mol. The van der Waals surface area contributed by atoms with E-state index in [9.17, 15) is 4.79 Å². The first-order valence-corrected chi connectivity index (χ1v) is 6.21. The van der Waals surface area contributed by atoms with Crippen LogP contribution >= 0.6 is 0 Å². The lowest BCUT2D eigenvalue weighted by atomic mass is 10.1. The molecule has 1 heterocycles. The van der Waals surface area contributed by atoms with Crippen LogP contribution in [0.1, 0.15) is 25.8 Å². The molecule has 0 radical (unpaired) electrons. The molecule has 2 rings (SSSR count). The van der Waals surface area contributed by atoms with Crippen LogP contribution in [0.5, 0.6) is 11.5 Å². The number of nitrogens with zero attached hydrogens (tertiary/aromatic N) is 1. The van der Waals surface area contributed by atoms with E-state index in [-0.39, 0.29) is 12.0 Å². The Morgan fingerprint density at radius 3 is 2.89 bits per heavy atom. The van der Waals surface area contributed by atoms with Crippen molar-refractivity contribution in [3.8, 4) is 11.5 Å². The number of fused-ring (bicyclic) bond motifs is 1. The lowest BCUT2D eigenvalue weighted by Gasteiger charge is -2.20. The van der Waals surface area contributed by atoms with Gasteiger partial charge in [-0.2, -0.15) is 0 Å². The van der Waals surface area contributed by atoms with Gasteiger partial charge in [0, 0.05) is 37.6 Å². The predicted octanol–water partition coefficient (Wildman–Crippen LogP) is 2.39. The highest BCUT2D eigenvalue weighted by atomic mass is 16.5. The highest BCUT2D eigenvalue weighted by molar-refractivity contribution is 5.94. The van der Waals surface area contributed by atoms with Crippen molar-refractivity contribution in [3.05, 3.63) is 17.7 Å². The molecule has 1 amide bonds. The van der Waals surface area contributed by atoms with Gasteiger partial charge in [0.2, 0.25) is 5.91 Å². The molecular formula is C14H19NO3. The van der Waals surface area contributed by atoms with Crippen LogP contribution in [0.4, 0.5) is 5.69 Å². The van der Waals surface area contributed by atoms with Gasteiger partial charge in [-0.1, -0.05) is 6.92 Å². The Balaban J connectivity index is 2.46. The molecule has 1 aliphatic heterocycles. The summed E-state index contributed by atoms with van der Waals surface area (Å²) in [5, 5.41) is 0. The van der Waals surface area contributed by atoms with Crippen LogP contribution in [-0.2, 0) is 11.2 Å². The summed E-state index contributed by atoms with van der Waals surface area (Å²) in [6.07, 6.45) is 1.46. The van der Waals surface area contributed by atoms with Crippen LogP contribution < -0.4 is 14.4 Å². The van der Waals surface area contributed by atoms with Gasteiger partial charge in [0.25, 0.3) is 0 Å². The molecule has 1 unspecified atom stereocenters. The van der Waals surface area contributed by atoms with Gasteiger partial charge < -0.3 is 14.4 Å². The van der Waals surface area contributed by atoms with E-state index >= 15 is 0 Å². The van der Waals surface area contributed by atoms with Crippen LogP contribution in [0.25, 0.3) is 0 Å². The second-order valence-corrected chi connectivity index (χ2v) is 4.56. The second kappa shape index (κ2) is 4.88. The summed E-state index contributed by atoms with van der Waals surface area (Å²) in [4.78, 5) is 13.5. The third kappa shape index (κ3) is 2.15. The fourth-order valence-corrected chi connectivity index (χ4v) is 2.25. The zero-order valence-electron chi connectivity index (χ0n) is 11.3. The van der Waals surface area contributed by atoms with Gasteiger partial charge in [-0.05, 0) is 6.92 Å². The Morgan fingerprint density at radius 2 is 2.28 bits per heavy atom. The summed E-state index contributed by atoms with van der Waals surface area (Å²) >= 11 is 0. The van der Waals surface area contributed by atoms with E-state index in [1.54, 1.807) is 19.1 Å². The van der Waals surface area contributed by atoms with Gasteiger partial charge in [0.05, 0.1) is 12.8 Å². The number of hydrogen-bond donors (Lipinski definition) is 0. The molecule has 4 nitrogen and oxygen atoms in total. The third-order valence-electron chi connectivity index (χ3n) is 3.25. The highest BCUT2D eigenvalue weighted by Crippen LogP contribution is 2.40. The van der Waals surface area contributed by atoms with Crippen molar-refractivity contribution in [3.63, 3.8) is 0 Å². The Kier molecular flexibility index (Phi) is 3.45. The van der Waals surface area contributed by atoms with Crippen molar-refractivity contribution in [1.82, 2.24) is 0 Å². The van der Waals surface area contributed by atoms with Crippen molar-refractivity contribution < 1.29 is 14.3 Å². The van der Waals surface area contributed by atoms with Crippen LogP contribution in [0.3, 0.4) is 0 Å². The molecule has 0 saturated heterocycles. The number of anilines is 1. The minimum Gasteiger partial charge on any atom is -0.497 e. The van der Waals surface area contributed by atoms with Crippen molar-refractivity contribution >= 4 is 11.6 Å². The number of benzene rings is 1. The molecule has 0 fully saturated rings. The minimum atomic E-state index is 0.0880. The van der Waals surface area contributed by atoms with Gasteiger partial charge in [0.15, 0.2) is 0 Å². The molecule has 1 aromatic carbocycles. The molecule has 98 valence electrons. The maximum absolute atomic E-state index is 11.8. The molecule has 1 aromatic rings. The first-order valence-electron chi connectivity index (χ1n) is 6.21. The van der Waals surface area contributed by atoms with E-state index in [0.717, 1.165) is 23.4 Å². The lowest BCUT2D eigenvalue weighted by molar-refractivity contribution is -0.118. The Labute approximate surface area is 107 Å². The summed E-state index contributed by atoms with van der Waals surface area (Å²) in [6, 6.07) is 3.78. The maximum Gasteiger partial charge on any atom is 0.226 e. The first kappa shape index (κ1) is 12.7. The summed E-state index contributed by atoms with van der Waals surface area (Å²) in [5.41, 5.74) is 1.98. The smallest absolute Gasteiger partial charge is 0.226 e. The van der Waals surface area contributed by atoms with Gasteiger partial charge in [-0.25, -0.2) is 0 Å². The zero-order chi connectivity index (χ0) is 13.3. The molecule has 0 aromatic heterocycles. The lowest BCUT2D eigenvalue weighted by Crippen LogP contribution is -2.26. The van der Waals surface area contributed by atoms with E-state index < -0.39 is 0 Å². The van der Waals surface area contributed by atoms with E-state index in [0.29, 0.717) is 12.2 Å². The van der Waals surface area contributed by atoms with Gasteiger partial charge in [-0.3, -0.25) is 4.79 Å². The van der Waals surface area contributed by atoms with E-state index in [1.807, 2.05) is 26.0 Å². The molecule has 0 aliphatic carbocycles. The molecule has 1 atom stereocenters. The molecule has 0 N–H and O–H groups in total. The van der Waals surface area contributed by atoms with Crippen molar-refractivity contribution in [1.29, 1.82) is 0 Å². The van der Waals surface area contributed by atoms with E-state index in [4.69, 9.17) is 9.47 Å². The second-order valence-electron chi connectivity index (χ2n) is 4.56. The number of carbonyl (C=O) groups excluding carboxylic acids is 1. The van der Waals surface area contributed by atoms with Crippen LogP contribution in [-0.4, -0.2) is 26.2 Å². The fraction of sp³-hybridized carbons (Fsp3) is 0.500. The standard InChI is InChI=1S/C14H19NO3/c1-5-14(16)15(3)12-7-10(17-4)8-13-11(12)6-9(2)18-13/h7-9H,5-6H2,1-4H3. The average Bonchev–Trinajstić information content (AvgIpc) is 2.75. The van der Waals surface area contributed by atoms with Crippen LogP contribution in [0, 0.1) is 0 Å². The van der Waals surface area contributed by atoms with Crippen LogP contribution in [0.15, 0.2) is 12.1 Å². The van der Waals surface area contributed by atoms with Gasteiger partial charge >= 0.3 is 0 Å². The number of amides is 1. The molecule has 0 spiro atoms. The van der Waals surface area contributed by atoms with Crippen molar-refractivity contribution in [2.75, 3.05) is 19.1 Å². The van der Waals surface area contributed by atoms with Gasteiger partial charge in [-0.15, -0.1) is 0 Å². The summed E-state index contributed by atoms with van der Waals surface area (Å²) < 4.78 is 11.0. The Morgan fingerprint density at radius 1 is 1.56 bits per heavy atom. The quantitative estimate of drug-likeness (QED) is 0.825. The number of rotatable bonds is 3. The summed E-state index contributed by atoms with van der Waals surface area (Å²) in [7, 11) is 3.41. The number of methoxy groups -OCH3 is 1. The fourth-order valence-electron chi connectivity index (χ4n) is 2.25. The normalized spacial score (nSPS) is 17.0. The SMILES string of the molecule is CCC(=O)N(C)c1cc(OC)cc2c1CC(C)O2. The maximum atomic E-state index is 11.8. The zero-order valence-corrected chi connectivity index (χ0v) is 11.3. The van der Waals surface area contributed by atoms with Crippen molar-refractivity contribution in [2.24, 2.45) is 0 Å². The van der Waals surface area contributed by atoms with Crippen LogP contribution in [0.2, 0.25) is 0 Å². The van der Waals surface area contributed by atoms with E-state index in [2.05, 4.69) is 0 Å². The molecule has 1 aliphatic rings. The Hall–Kier alpha value is -1.71. The average molecular weight is 249 g/mol. The number of hydrogen-bond acceptors (Lipinski definition) is 3. The first-order chi connectivity index (χ1) is 8.56. The molecule has 18 heavy (non-hydrogen) atoms. The Bertz CT molecular complexity index is 470. The summed E-state index contributed by atoms with van der Waals surface area (Å²) in [6.45, 7) is 3.89. The number of carbonyl (C=O) groups is 1. The minimum absolute atomic E-state index is 0.0880. The van der Waals surface area contributed by atoms with Crippen molar-refractivity contribution in [2.45, 2.75) is 32.8 Å². The largest absolute Gasteiger partial charge is 0.497 e.